The molecule has 0 heterocycles. The third-order valence-corrected chi connectivity index (χ3v) is 4.28. The molecule has 2 rings (SSSR count). The van der Waals surface area contributed by atoms with Crippen molar-refractivity contribution in [2.75, 3.05) is 6.54 Å². The molecule has 2 unspecified atom stereocenters. The van der Waals surface area contributed by atoms with Crippen LogP contribution in [0.25, 0.3) is 0 Å². The molecule has 1 aromatic rings. The fraction of sp³-hybridized carbons (Fsp3) is 0.667. The number of hydrogen-bond donors (Lipinski definition) is 1. The van der Waals surface area contributed by atoms with E-state index in [2.05, 4.69) is 56.4 Å². The number of nitrogens with one attached hydrogen (secondary N) is 1. The van der Waals surface area contributed by atoms with Gasteiger partial charge in [-0.15, -0.1) is 0 Å². The Balaban J connectivity index is 1.93. The zero-order chi connectivity index (χ0) is 13.7. The Bertz CT molecular complexity index is 363. The lowest BCUT2D eigenvalue weighted by atomic mass is 9.80. The average molecular weight is 259 g/mol. The van der Waals surface area contributed by atoms with Crippen molar-refractivity contribution >= 4 is 0 Å². The first kappa shape index (κ1) is 14.6. The van der Waals surface area contributed by atoms with Crippen LogP contribution in [0, 0.1) is 5.41 Å². The minimum absolute atomic E-state index is 0.434. The number of rotatable bonds is 4. The van der Waals surface area contributed by atoms with Crippen LogP contribution >= 0.6 is 0 Å². The second-order valence-corrected chi connectivity index (χ2v) is 7.17. The summed E-state index contributed by atoms with van der Waals surface area (Å²) in [6, 6.07) is 11.8. The lowest BCUT2D eigenvalue weighted by Crippen LogP contribution is -2.38. The van der Waals surface area contributed by atoms with E-state index in [1.165, 1.54) is 37.7 Å². The molecule has 1 nitrogen and oxygen atoms in total. The highest BCUT2D eigenvalue weighted by molar-refractivity contribution is 5.21. The fourth-order valence-corrected chi connectivity index (χ4v) is 3.11. The molecule has 0 amide bonds. The zero-order valence-corrected chi connectivity index (χ0v) is 12.8. The number of hydrogen-bond acceptors (Lipinski definition) is 1. The van der Waals surface area contributed by atoms with Gasteiger partial charge in [0.1, 0.15) is 0 Å². The van der Waals surface area contributed by atoms with Gasteiger partial charge >= 0.3 is 0 Å². The summed E-state index contributed by atoms with van der Waals surface area (Å²) in [5.41, 5.74) is 1.96. The first-order valence-electron chi connectivity index (χ1n) is 7.84. The molecule has 1 saturated carbocycles. The van der Waals surface area contributed by atoms with Gasteiger partial charge in [-0.3, -0.25) is 0 Å². The smallest absolute Gasteiger partial charge is 0.0136 e. The van der Waals surface area contributed by atoms with Crippen molar-refractivity contribution in [1.82, 2.24) is 5.32 Å². The summed E-state index contributed by atoms with van der Waals surface area (Å²) >= 11 is 0. The van der Waals surface area contributed by atoms with Crippen molar-refractivity contribution in [1.29, 1.82) is 0 Å². The molecule has 1 N–H and O–H groups in total. The zero-order valence-electron chi connectivity index (χ0n) is 12.8. The molecule has 1 aliphatic carbocycles. The maximum atomic E-state index is 3.83. The van der Waals surface area contributed by atoms with Gasteiger partial charge in [-0.1, -0.05) is 63.9 Å². The maximum Gasteiger partial charge on any atom is 0.0136 e. The van der Waals surface area contributed by atoms with Crippen LogP contribution < -0.4 is 5.32 Å². The van der Waals surface area contributed by atoms with Crippen LogP contribution in [-0.2, 0) is 0 Å². The Morgan fingerprint density at radius 3 is 2.42 bits per heavy atom. The highest BCUT2D eigenvalue weighted by Gasteiger charge is 2.26. The Morgan fingerprint density at radius 2 is 1.74 bits per heavy atom. The Kier molecular flexibility index (Phi) is 5.04. The highest BCUT2D eigenvalue weighted by Crippen LogP contribution is 2.33. The molecule has 1 heteroatoms. The van der Waals surface area contributed by atoms with Crippen molar-refractivity contribution in [2.45, 2.75) is 64.8 Å². The molecule has 0 saturated heterocycles. The Morgan fingerprint density at radius 1 is 1.05 bits per heavy atom. The topological polar surface area (TPSA) is 12.0 Å². The van der Waals surface area contributed by atoms with Crippen molar-refractivity contribution in [2.24, 2.45) is 5.41 Å². The van der Waals surface area contributed by atoms with E-state index in [1.54, 1.807) is 0 Å². The predicted molar refractivity (Wildman–Crippen MR) is 83.5 cm³/mol. The summed E-state index contributed by atoms with van der Waals surface area (Å²) in [4.78, 5) is 0. The summed E-state index contributed by atoms with van der Waals surface area (Å²) in [6.07, 6.45) is 6.71. The summed E-state index contributed by atoms with van der Waals surface area (Å²) in [7, 11) is 0. The summed E-state index contributed by atoms with van der Waals surface area (Å²) in [5.74, 6) is 0.718. The van der Waals surface area contributed by atoms with E-state index in [-0.39, 0.29) is 0 Å². The molecule has 0 bridgehead atoms. The van der Waals surface area contributed by atoms with Crippen LogP contribution in [0.3, 0.4) is 0 Å². The maximum absolute atomic E-state index is 3.83. The van der Waals surface area contributed by atoms with Gasteiger partial charge < -0.3 is 5.32 Å². The third-order valence-electron chi connectivity index (χ3n) is 4.28. The Hall–Kier alpha value is -0.820. The molecular formula is C18H29N. The van der Waals surface area contributed by atoms with Crippen LogP contribution in [0.2, 0.25) is 0 Å². The molecule has 0 spiro atoms. The SMILES string of the molecule is CC(C)(C)CCNC1CCCCC1c1ccccc1. The lowest BCUT2D eigenvalue weighted by molar-refractivity contribution is 0.298. The van der Waals surface area contributed by atoms with Gasteiger partial charge in [-0.2, -0.15) is 0 Å². The summed E-state index contributed by atoms with van der Waals surface area (Å²) in [5, 5.41) is 3.83. The van der Waals surface area contributed by atoms with Crippen LogP contribution in [0.4, 0.5) is 0 Å². The molecule has 106 valence electrons. The van der Waals surface area contributed by atoms with Gasteiger partial charge in [0, 0.05) is 6.04 Å². The van der Waals surface area contributed by atoms with Crippen LogP contribution in [0.1, 0.15) is 64.4 Å². The standard InChI is InChI=1S/C18H29N/c1-18(2,3)13-14-19-17-12-8-7-11-16(17)15-9-5-4-6-10-15/h4-6,9-10,16-17,19H,7-8,11-14H2,1-3H3. The van der Waals surface area contributed by atoms with Gasteiger partial charge in [0.2, 0.25) is 0 Å². The van der Waals surface area contributed by atoms with Gasteiger partial charge in [-0.25, -0.2) is 0 Å². The summed E-state index contributed by atoms with van der Waals surface area (Å²) < 4.78 is 0. The normalized spacial score (nSPS) is 24.4. The molecule has 0 radical (unpaired) electrons. The molecule has 0 aliphatic heterocycles. The van der Waals surface area contributed by atoms with Crippen LogP contribution in [0.5, 0.6) is 0 Å². The van der Waals surface area contributed by atoms with Crippen molar-refractivity contribution in [3.8, 4) is 0 Å². The average Bonchev–Trinajstić information content (AvgIpc) is 2.39. The van der Waals surface area contributed by atoms with Crippen molar-refractivity contribution < 1.29 is 0 Å². The quantitative estimate of drug-likeness (QED) is 0.823. The minimum Gasteiger partial charge on any atom is -0.313 e. The summed E-state index contributed by atoms with van der Waals surface area (Å²) in [6.45, 7) is 8.12. The fourth-order valence-electron chi connectivity index (χ4n) is 3.11. The van der Waals surface area contributed by atoms with Crippen LogP contribution in [-0.4, -0.2) is 12.6 Å². The molecule has 1 aliphatic rings. The van der Waals surface area contributed by atoms with Crippen molar-refractivity contribution in [3.63, 3.8) is 0 Å². The highest BCUT2D eigenvalue weighted by atomic mass is 14.9. The third kappa shape index (κ3) is 4.65. The molecule has 1 aromatic carbocycles. The molecule has 1 fully saturated rings. The van der Waals surface area contributed by atoms with Gasteiger partial charge in [-0.05, 0) is 42.7 Å². The van der Waals surface area contributed by atoms with Gasteiger partial charge in [0.05, 0.1) is 0 Å². The second kappa shape index (κ2) is 6.56. The second-order valence-electron chi connectivity index (χ2n) is 7.17. The van der Waals surface area contributed by atoms with E-state index in [9.17, 15) is 0 Å². The minimum atomic E-state index is 0.434. The van der Waals surface area contributed by atoms with E-state index in [4.69, 9.17) is 0 Å². The van der Waals surface area contributed by atoms with E-state index in [0.717, 1.165) is 12.5 Å². The van der Waals surface area contributed by atoms with E-state index >= 15 is 0 Å². The van der Waals surface area contributed by atoms with Gasteiger partial charge in [0.15, 0.2) is 0 Å². The molecule has 2 atom stereocenters. The number of benzene rings is 1. The first-order valence-corrected chi connectivity index (χ1v) is 7.84. The van der Waals surface area contributed by atoms with E-state index in [0.29, 0.717) is 11.5 Å². The lowest BCUT2D eigenvalue weighted by Gasteiger charge is -2.33. The van der Waals surface area contributed by atoms with Gasteiger partial charge in [0.25, 0.3) is 0 Å². The van der Waals surface area contributed by atoms with Crippen LogP contribution in [0.15, 0.2) is 30.3 Å². The monoisotopic (exact) mass is 259 g/mol. The predicted octanol–water partition coefficient (Wildman–Crippen LogP) is 4.74. The van der Waals surface area contributed by atoms with E-state index < -0.39 is 0 Å². The van der Waals surface area contributed by atoms with Crippen molar-refractivity contribution in [3.05, 3.63) is 35.9 Å². The van der Waals surface area contributed by atoms with E-state index in [1.807, 2.05) is 0 Å². The molecular weight excluding hydrogens is 230 g/mol. The first-order chi connectivity index (χ1) is 9.06. The molecule has 19 heavy (non-hydrogen) atoms. The Labute approximate surface area is 118 Å². The largest absolute Gasteiger partial charge is 0.313 e. The molecule has 0 aromatic heterocycles.